The summed E-state index contributed by atoms with van der Waals surface area (Å²) in [5, 5.41) is 3.72. The highest BCUT2D eigenvalue weighted by Crippen LogP contribution is 2.24. The van der Waals surface area contributed by atoms with E-state index in [1.54, 1.807) is 0 Å². The number of hydrogen-bond acceptors (Lipinski definition) is 3. The van der Waals surface area contributed by atoms with Crippen molar-refractivity contribution < 1.29 is 4.79 Å². The molecule has 1 aromatic heterocycles. The third kappa shape index (κ3) is 3.63. The molecule has 0 radical (unpaired) electrons. The first-order valence-electron chi connectivity index (χ1n) is 6.57. The molecule has 0 spiro atoms. The Balaban J connectivity index is 2.05. The molecule has 0 bridgehead atoms. The van der Waals surface area contributed by atoms with Gasteiger partial charge < -0.3 is 9.88 Å². The van der Waals surface area contributed by atoms with Crippen LogP contribution in [0.25, 0.3) is 11.3 Å². The van der Waals surface area contributed by atoms with Crippen LogP contribution in [0.15, 0.2) is 41.7 Å². The molecule has 20 heavy (non-hydrogen) atoms. The smallest absolute Gasteiger partial charge is 0.230 e. The Kier molecular flexibility index (Phi) is 4.84. The molecule has 2 rings (SSSR count). The van der Waals surface area contributed by atoms with Crippen molar-refractivity contribution >= 4 is 17.7 Å². The van der Waals surface area contributed by atoms with Crippen LogP contribution in [0.2, 0.25) is 0 Å². The van der Waals surface area contributed by atoms with Crippen molar-refractivity contribution in [3.63, 3.8) is 0 Å². The van der Waals surface area contributed by atoms with Crippen LogP contribution in [0.5, 0.6) is 0 Å². The lowest BCUT2D eigenvalue weighted by Gasteiger charge is -2.08. The van der Waals surface area contributed by atoms with Gasteiger partial charge in [0.1, 0.15) is 0 Å². The van der Waals surface area contributed by atoms with Gasteiger partial charge >= 0.3 is 0 Å². The van der Waals surface area contributed by atoms with Gasteiger partial charge in [-0.2, -0.15) is 0 Å². The topological polar surface area (TPSA) is 46.9 Å². The molecule has 1 amide bonds. The molecule has 5 heteroatoms. The number of rotatable bonds is 5. The lowest BCUT2D eigenvalue weighted by Crippen LogP contribution is -2.31. The van der Waals surface area contributed by atoms with E-state index in [1.807, 2.05) is 49.9 Å². The zero-order valence-electron chi connectivity index (χ0n) is 12.0. The average molecular weight is 289 g/mol. The molecule has 0 aliphatic rings. The summed E-state index contributed by atoms with van der Waals surface area (Å²) in [7, 11) is 1.97. The molecule has 2 aromatic rings. The van der Waals surface area contributed by atoms with E-state index in [-0.39, 0.29) is 11.9 Å². The van der Waals surface area contributed by atoms with Crippen LogP contribution in [-0.4, -0.2) is 27.3 Å². The van der Waals surface area contributed by atoms with Gasteiger partial charge in [0.05, 0.1) is 17.6 Å². The van der Waals surface area contributed by atoms with Gasteiger partial charge in [0, 0.05) is 13.1 Å². The van der Waals surface area contributed by atoms with Crippen LogP contribution < -0.4 is 5.32 Å². The first kappa shape index (κ1) is 14.7. The normalized spacial score (nSPS) is 10.8. The van der Waals surface area contributed by atoms with E-state index in [0.717, 1.165) is 16.4 Å². The van der Waals surface area contributed by atoms with Crippen molar-refractivity contribution in [3.05, 3.63) is 36.5 Å². The molecule has 1 aromatic carbocycles. The van der Waals surface area contributed by atoms with Crippen molar-refractivity contribution in [3.8, 4) is 11.3 Å². The second kappa shape index (κ2) is 6.61. The molecule has 4 nitrogen and oxygen atoms in total. The first-order chi connectivity index (χ1) is 9.58. The lowest BCUT2D eigenvalue weighted by atomic mass is 10.2. The number of imidazole rings is 1. The summed E-state index contributed by atoms with van der Waals surface area (Å²) in [6.07, 6.45) is 1.85. The van der Waals surface area contributed by atoms with Crippen molar-refractivity contribution in [2.75, 3.05) is 5.75 Å². The maximum atomic E-state index is 11.6. The number of benzene rings is 1. The van der Waals surface area contributed by atoms with Gasteiger partial charge in [-0.15, -0.1) is 0 Å². The molecule has 0 atom stereocenters. The van der Waals surface area contributed by atoms with Crippen molar-refractivity contribution in [2.24, 2.45) is 7.05 Å². The summed E-state index contributed by atoms with van der Waals surface area (Å²) >= 11 is 1.45. The summed E-state index contributed by atoms with van der Waals surface area (Å²) in [4.78, 5) is 16.0. The van der Waals surface area contributed by atoms with E-state index in [9.17, 15) is 4.79 Å². The van der Waals surface area contributed by atoms with Crippen molar-refractivity contribution in [1.29, 1.82) is 0 Å². The number of hydrogen-bond donors (Lipinski definition) is 1. The highest BCUT2D eigenvalue weighted by Gasteiger charge is 2.11. The Hall–Kier alpha value is -1.75. The highest BCUT2D eigenvalue weighted by atomic mass is 32.2. The molecule has 0 aliphatic carbocycles. The molecule has 0 unspecified atom stereocenters. The number of carbonyl (C=O) groups excluding carboxylic acids is 1. The monoisotopic (exact) mass is 289 g/mol. The Morgan fingerprint density at radius 1 is 1.35 bits per heavy atom. The number of carbonyl (C=O) groups is 1. The molecule has 0 aliphatic heterocycles. The Bertz CT molecular complexity index is 578. The van der Waals surface area contributed by atoms with E-state index in [2.05, 4.69) is 22.4 Å². The van der Waals surface area contributed by atoms with E-state index in [1.165, 1.54) is 11.8 Å². The fraction of sp³-hybridized carbons (Fsp3) is 0.333. The minimum Gasteiger partial charge on any atom is -0.353 e. The molecular weight excluding hydrogens is 270 g/mol. The second-order valence-corrected chi connectivity index (χ2v) is 5.80. The van der Waals surface area contributed by atoms with Gasteiger partial charge in [0.25, 0.3) is 0 Å². The van der Waals surface area contributed by atoms with E-state index >= 15 is 0 Å². The molecule has 1 heterocycles. The number of amides is 1. The Labute approximate surface area is 123 Å². The summed E-state index contributed by atoms with van der Waals surface area (Å²) in [6, 6.07) is 10.3. The standard InChI is InChI=1S/C15H19N3OS/c1-11(2)17-14(19)10-20-15-16-9-13(18(15)3)12-7-5-4-6-8-12/h4-9,11H,10H2,1-3H3,(H,17,19). The SMILES string of the molecule is CC(C)NC(=O)CSc1ncc(-c2ccccc2)n1C. The third-order valence-electron chi connectivity index (χ3n) is 2.80. The number of nitrogens with one attached hydrogen (secondary N) is 1. The van der Waals surface area contributed by atoms with E-state index in [4.69, 9.17) is 0 Å². The predicted octanol–water partition coefficient (Wildman–Crippen LogP) is 2.70. The molecule has 0 saturated heterocycles. The van der Waals surface area contributed by atoms with Crippen LogP contribution in [0, 0.1) is 0 Å². The van der Waals surface area contributed by atoms with Gasteiger partial charge in [-0.05, 0) is 19.4 Å². The van der Waals surface area contributed by atoms with Crippen LogP contribution in [0.3, 0.4) is 0 Å². The molecule has 106 valence electrons. The zero-order chi connectivity index (χ0) is 14.5. The van der Waals surface area contributed by atoms with Crippen molar-refractivity contribution in [2.45, 2.75) is 25.0 Å². The fourth-order valence-electron chi connectivity index (χ4n) is 1.90. The second-order valence-electron chi connectivity index (χ2n) is 4.86. The minimum absolute atomic E-state index is 0.0364. The van der Waals surface area contributed by atoms with Crippen LogP contribution in [-0.2, 0) is 11.8 Å². The van der Waals surface area contributed by atoms with Gasteiger partial charge in [-0.25, -0.2) is 4.98 Å². The Morgan fingerprint density at radius 2 is 2.05 bits per heavy atom. The highest BCUT2D eigenvalue weighted by molar-refractivity contribution is 7.99. The summed E-state index contributed by atoms with van der Waals surface area (Å²) in [5.74, 6) is 0.423. The maximum absolute atomic E-state index is 11.6. The van der Waals surface area contributed by atoms with Gasteiger partial charge in [-0.3, -0.25) is 4.79 Å². The zero-order valence-corrected chi connectivity index (χ0v) is 12.8. The minimum atomic E-state index is 0.0364. The molecule has 0 fully saturated rings. The number of aromatic nitrogens is 2. The number of nitrogens with zero attached hydrogens (tertiary/aromatic N) is 2. The van der Waals surface area contributed by atoms with E-state index in [0.29, 0.717) is 5.75 Å². The summed E-state index contributed by atoms with van der Waals surface area (Å²) in [5.41, 5.74) is 2.18. The largest absolute Gasteiger partial charge is 0.353 e. The molecular formula is C15H19N3OS. The molecule has 0 saturated carbocycles. The Morgan fingerprint density at radius 3 is 2.70 bits per heavy atom. The quantitative estimate of drug-likeness (QED) is 0.861. The maximum Gasteiger partial charge on any atom is 0.230 e. The van der Waals surface area contributed by atoms with Gasteiger partial charge in [0.15, 0.2) is 5.16 Å². The van der Waals surface area contributed by atoms with Crippen LogP contribution in [0.4, 0.5) is 0 Å². The first-order valence-corrected chi connectivity index (χ1v) is 7.56. The molecule has 1 N–H and O–H groups in total. The lowest BCUT2D eigenvalue weighted by molar-refractivity contribution is -0.119. The fourth-order valence-corrected chi connectivity index (χ4v) is 2.66. The van der Waals surface area contributed by atoms with Crippen LogP contribution >= 0.6 is 11.8 Å². The van der Waals surface area contributed by atoms with Gasteiger partial charge in [-0.1, -0.05) is 42.1 Å². The van der Waals surface area contributed by atoms with Crippen LogP contribution in [0.1, 0.15) is 13.8 Å². The predicted molar refractivity (Wildman–Crippen MR) is 82.6 cm³/mol. The van der Waals surface area contributed by atoms with Gasteiger partial charge in [0.2, 0.25) is 5.91 Å². The average Bonchev–Trinajstić information content (AvgIpc) is 2.78. The van der Waals surface area contributed by atoms with Crippen molar-refractivity contribution in [1.82, 2.24) is 14.9 Å². The summed E-state index contributed by atoms with van der Waals surface area (Å²) in [6.45, 7) is 3.91. The number of thioether (sulfide) groups is 1. The summed E-state index contributed by atoms with van der Waals surface area (Å²) < 4.78 is 2.02. The van der Waals surface area contributed by atoms with E-state index < -0.39 is 0 Å². The third-order valence-corrected chi connectivity index (χ3v) is 3.84.